The summed E-state index contributed by atoms with van der Waals surface area (Å²) >= 11 is 1.68. The van der Waals surface area contributed by atoms with Gasteiger partial charge >= 0.3 is 0 Å². The van der Waals surface area contributed by atoms with Crippen molar-refractivity contribution >= 4 is 11.3 Å². The molecule has 0 saturated carbocycles. The van der Waals surface area contributed by atoms with E-state index in [1.54, 1.807) is 11.3 Å². The zero-order valence-electron chi connectivity index (χ0n) is 10.8. The molecule has 2 heterocycles. The number of aliphatic hydroxyl groups excluding tert-OH is 1. The van der Waals surface area contributed by atoms with Gasteiger partial charge in [-0.15, -0.1) is 11.3 Å². The lowest BCUT2D eigenvalue weighted by Crippen LogP contribution is -2.36. The van der Waals surface area contributed by atoms with Gasteiger partial charge in [-0.05, 0) is 18.4 Å². The number of thiazole rings is 1. The van der Waals surface area contributed by atoms with E-state index in [9.17, 15) is 5.11 Å². The Kier molecular flexibility index (Phi) is 3.92. The Morgan fingerprint density at radius 2 is 2.16 bits per heavy atom. The molecule has 1 aromatic carbocycles. The Morgan fingerprint density at radius 3 is 2.89 bits per heavy atom. The van der Waals surface area contributed by atoms with Crippen molar-refractivity contribution in [3.63, 3.8) is 0 Å². The Hall–Kier alpha value is -1.23. The fourth-order valence-electron chi connectivity index (χ4n) is 2.72. The van der Waals surface area contributed by atoms with Crippen LogP contribution in [-0.4, -0.2) is 33.7 Å². The van der Waals surface area contributed by atoms with Crippen molar-refractivity contribution in [1.29, 1.82) is 0 Å². The van der Waals surface area contributed by atoms with Crippen LogP contribution in [0.15, 0.2) is 41.9 Å². The first-order chi connectivity index (χ1) is 9.33. The van der Waals surface area contributed by atoms with Crippen molar-refractivity contribution in [2.45, 2.75) is 31.5 Å². The molecule has 1 N–H and O–H groups in total. The first-order valence-electron chi connectivity index (χ1n) is 6.67. The Balaban J connectivity index is 1.70. The van der Waals surface area contributed by atoms with Crippen molar-refractivity contribution in [2.75, 3.05) is 6.54 Å². The van der Waals surface area contributed by atoms with Gasteiger partial charge in [-0.2, -0.15) is 0 Å². The normalized spacial score (nSPS) is 23.8. The number of aliphatic hydroxyl groups is 1. The maximum Gasteiger partial charge on any atom is 0.107 e. The summed E-state index contributed by atoms with van der Waals surface area (Å²) in [6, 6.07) is 10.6. The van der Waals surface area contributed by atoms with Gasteiger partial charge in [0, 0.05) is 24.2 Å². The molecule has 0 amide bonds. The minimum atomic E-state index is -0.222. The predicted molar refractivity (Wildman–Crippen MR) is 77.1 cm³/mol. The van der Waals surface area contributed by atoms with Gasteiger partial charge in [0.1, 0.15) is 5.01 Å². The summed E-state index contributed by atoms with van der Waals surface area (Å²) in [5.41, 5.74) is 1.29. The van der Waals surface area contributed by atoms with E-state index in [0.717, 1.165) is 30.9 Å². The number of hydrogen-bond donors (Lipinski definition) is 1. The molecule has 0 spiro atoms. The van der Waals surface area contributed by atoms with Crippen LogP contribution in [0.2, 0.25) is 0 Å². The number of nitrogens with zero attached hydrogens (tertiary/aromatic N) is 2. The van der Waals surface area contributed by atoms with Gasteiger partial charge in [0.05, 0.1) is 12.6 Å². The lowest BCUT2D eigenvalue weighted by molar-refractivity contribution is 0.112. The van der Waals surface area contributed by atoms with Gasteiger partial charge in [0.2, 0.25) is 0 Å². The number of rotatable bonds is 4. The number of aromatic nitrogens is 1. The topological polar surface area (TPSA) is 36.4 Å². The summed E-state index contributed by atoms with van der Waals surface area (Å²) in [4.78, 5) is 6.70. The van der Waals surface area contributed by atoms with Gasteiger partial charge in [0.25, 0.3) is 0 Å². The highest BCUT2D eigenvalue weighted by Crippen LogP contribution is 2.24. The van der Waals surface area contributed by atoms with Crippen LogP contribution in [0.4, 0.5) is 0 Å². The summed E-state index contributed by atoms with van der Waals surface area (Å²) in [5, 5.41) is 13.3. The van der Waals surface area contributed by atoms with Crippen molar-refractivity contribution in [3.05, 3.63) is 52.5 Å². The third-order valence-electron chi connectivity index (χ3n) is 3.73. The van der Waals surface area contributed by atoms with Crippen LogP contribution in [0.3, 0.4) is 0 Å². The van der Waals surface area contributed by atoms with E-state index in [1.165, 1.54) is 5.56 Å². The van der Waals surface area contributed by atoms with E-state index in [4.69, 9.17) is 0 Å². The van der Waals surface area contributed by atoms with Gasteiger partial charge in [-0.25, -0.2) is 4.98 Å². The molecule has 0 bridgehead atoms. The molecule has 0 radical (unpaired) electrons. The second kappa shape index (κ2) is 5.82. The SMILES string of the molecule is O[C@@H]1CCN(Cc2nccs2)[C@H]1Cc1ccccc1. The van der Waals surface area contributed by atoms with Crippen LogP contribution < -0.4 is 0 Å². The quantitative estimate of drug-likeness (QED) is 0.929. The fourth-order valence-corrected chi connectivity index (χ4v) is 3.36. The van der Waals surface area contributed by atoms with Crippen LogP contribution in [0, 0.1) is 0 Å². The van der Waals surface area contributed by atoms with Crippen LogP contribution in [0.25, 0.3) is 0 Å². The van der Waals surface area contributed by atoms with E-state index >= 15 is 0 Å². The van der Waals surface area contributed by atoms with Crippen LogP contribution >= 0.6 is 11.3 Å². The minimum absolute atomic E-state index is 0.214. The molecule has 3 rings (SSSR count). The standard InChI is InChI=1S/C15H18N2OS/c18-14-6-8-17(11-15-16-7-9-19-15)13(14)10-12-4-2-1-3-5-12/h1-5,7,9,13-14,18H,6,8,10-11H2/t13-,14+/m0/s1. The molecule has 0 unspecified atom stereocenters. The third kappa shape index (κ3) is 3.03. The predicted octanol–water partition coefficient (Wildman–Crippen LogP) is 2.32. The molecule has 2 atom stereocenters. The lowest BCUT2D eigenvalue weighted by atomic mass is 10.0. The van der Waals surface area contributed by atoms with Crippen molar-refractivity contribution in [3.8, 4) is 0 Å². The summed E-state index contributed by atoms with van der Waals surface area (Å²) in [7, 11) is 0. The summed E-state index contributed by atoms with van der Waals surface area (Å²) in [6.45, 7) is 1.81. The van der Waals surface area contributed by atoms with Crippen molar-refractivity contribution in [2.24, 2.45) is 0 Å². The zero-order valence-corrected chi connectivity index (χ0v) is 11.6. The summed E-state index contributed by atoms with van der Waals surface area (Å²) < 4.78 is 0. The second-order valence-electron chi connectivity index (χ2n) is 5.01. The highest BCUT2D eigenvalue weighted by molar-refractivity contribution is 7.09. The molecule has 0 aliphatic carbocycles. The monoisotopic (exact) mass is 274 g/mol. The largest absolute Gasteiger partial charge is 0.391 e. The zero-order chi connectivity index (χ0) is 13.1. The molecule has 4 heteroatoms. The summed E-state index contributed by atoms with van der Waals surface area (Å²) in [6.07, 6.45) is 3.40. The molecular weight excluding hydrogens is 256 g/mol. The van der Waals surface area contributed by atoms with E-state index in [0.29, 0.717) is 0 Å². The number of likely N-dealkylation sites (tertiary alicyclic amines) is 1. The van der Waals surface area contributed by atoms with E-state index < -0.39 is 0 Å². The molecule has 1 aliphatic heterocycles. The van der Waals surface area contributed by atoms with Crippen LogP contribution in [0.1, 0.15) is 17.0 Å². The molecule has 100 valence electrons. The highest BCUT2D eigenvalue weighted by atomic mass is 32.1. The molecule has 3 nitrogen and oxygen atoms in total. The smallest absolute Gasteiger partial charge is 0.107 e. The second-order valence-corrected chi connectivity index (χ2v) is 5.99. The average molecular weight is 274 g/mol. The van der Waals surface area contributed by atoms with Gasteiger partial charge < -0.3 is 5.11 Å². The lowest BCUT2D eigenvalue weighted by Gasteiger charge is -2.25. The third-order valence-corrected chi connectivity index (χ3v) is 4.50. The van der Waals surface area contributed by atoms with E-state index in [2.05, 4.69) is 34.1 Å². The molecule has 1 aromatic heterocycles. The Morgan fingerprint density at radius 1 is 1.32 bits per heavy atom. The Labute approximate surface area is 117 Å². The van der Waals surface area contributed by atoms with Crippen molar-refractivity contribution < 1.29 is 5.11 Å². The van der Waals surface area contributed by atoms with E-state index in [-0.39, 0.29) is 12.1 Å². The van der Waals surface area contributed by atoms with Gasteiger partial charge in [-0.1, -0.05) is 30.3 Å². The summed E-state index contributed by atoms with van der Waals surface area (Å²) in [5.74, 6) is 0. The molecule has 1 saturated heterocycles. The van der Waals surface area contributed by atoms with Crippen LogP contribution in [-0.2, 0) is 13.0 Å². The van der Waals surface area contributed by atoms with Gasteiger partial charge in [0.15, 0.2) is 0 Å². The van der Waals surface area contributed by atoms with E-state index in [1.807, 2.05) is 17.6 Å². The average Bonchev–Trinajstić information content (AvgIpc) is 3.05. The number of hydrogen-bond acceptors (Lipinski definition) is 4. The first-order valence-corrected chi connectivity index (χ1v) is 7.55. The maximum atomic E-state index is 10.2. The fraction of sp³-hybridized carbons (Fsp3) is 0.400. The molecule has 1 aliphatic rings. The van der Waals surface area contributed by atoms with Gasteiger partial charge in [-0.3, -0.25) is 4.90 Å². The highest BCUT2D eigenvalue weighted by Gasteiger charge is 2.32. The molecule has 1 fully saturated rings. The maximum absolute atomic E-state index is 10.2. The molecular formula is C15H18N2OS. The first kappa shape index (κ1) is 12.8. The number of benzene rings is 1. The Bertz CT molecular complexity index is 500. The van der Waals surface area contributed by atoms with Crippen molar-refractivity contribution in [1.82, 2.24) is 9.88 Å². The molecule has 2 aromatic rings. The minimum Gasteiger partial charge on any atom is -0.391 e. The molecule has 19 heavy (non-hydrogen) atoms. The van der Waals surface area contributed by atoms with Crippen LogP contribution in [0.5, 0.6) is 0 Å².